The molecule has 2 heteroatoms. The molecule has 2 N–H and O–H groups in total. The van der Waals surface area contributed by atoms with Crippen molar-refractivity contribution in [2.45, 2.75) is 6.92 Å². The predicted octanol–water partition coefficient (Wildman–Crippen LogP) is 1.93. The van der Waals surface area contributed by atoms with Crippen molar-refractivity contribution in [3.8, 4) is 0 Å². The summed E-state index contributed by atoms with van der Waals surface area (Å²) in [6.45, 7) is 1.97. The zero-order valence-corrected chi connectivity index (χ0v) is 6.61. The SMILES string of the molecule is Cc1ccc(C=S)cc1N. The van der Waals surface area contributed by atoms with Gasteiger partial charge in [-0.25, -0.2) is 0 Å². The standard InChI is InChI=1S/C8H9NS/c1-6-2-3-7(5-10)4-8(6)9/h2-5H,9H2,1H3. The van der Waals surface area contributed by atoms with Crippen LogP contribution in [0.3, 0.4) is 0 Å². The Hall–Kier alpha value is -0.890. The second-order valence-corrected chi connectivity index (χ2v) is 2.47. The molecule has 0 amide bonds. The summed E-state index contributed by atoms with van der Waals surface area (Å²) in [7, 11) is 0. The highest BCUT2D eigenvalue weighted by Gasteiger charge is 1.91. The van der Waals surface area contributed by atoms with Gasteiger partial charge in [0.2, 0.25) is 0 Å². The van der Waals surface area contributed by atoms with Crippen LogP contribution in [-0.2, 0) is 0 Å². The number of thiocarbonyl (C=S) groups is 1. The average Bonchev–Trinajstić information content (AvgIpc) is 1.95. The summed E-state index contributed by atoms with van der Waals surface area (Å²) in [5.41, 5.74) is 8.53. The lowest BCUT2D eigenvalue weighted by Gasteiger charge is -1.98. The zero-order valence-electron chi connectivity index (χ0n) is 5.79. The number of hydrogen-bond donors (Lipinski definition) is 1. The number of anilines is 1. The van der Waals surface area contributed by atoms with Crippen LogP contribution in [0.1, 0.15) is 11.1 Å². The summed E-state index contributed by atoms with van der Waals surface area (Å²) in [6, 6.07) is 5.80. The predicted molar refractivity (Wildman–Crippen MR) is 48.3 cm³/mol. The van der Waals surface area contributed by atoms with Gasteiger partial charge in [0.15, 0.2) is 0 Å². The van der Waals surface area contributed by atoms with Crippen LogP contribution < -0.4 is 5.73 Å². The first-order chi connectivity index (χ1) is 4.74. The molecule has 0 spiro atoms. The quantitative estimate of drug-likeness (QED) is 0.490. The molecule has 0 aliphatic rings. The van der Waals surface area contributed by atoms with Gasteiger partial charge in [-0.05, 0) is 24.1 Å². The van der Waals surface area contributed by atoms with Crippen LogP contribution in [0.4, 0.5) is 5.69 Å². The van der Waals surface area contributed by atoms with Crippen LogP contribution in [0.15, 0.2) is 18.2 Å². The van der Waals surface area contributed by atoms with E-state index in [4.69, 9.17) is 18.0 Å². The van der Waals surface area contributed by atoms with Crippen molar-refractivity contribution in [3.63, 3.8) is 0 Å². The van der Waals surface area contributed by atoms with Crippen molar-refractivity contribution in [1.29, 1.82) is 0 Å². The fourth-order valence-electron chi connectivity index (χ4n) is 0.732. The Morgan fingerprint density at radius 1 is 1.50 bits per heavy atom. The molecule has 1 nitrogen and oxygen atoms in total. The van der Waals surface area contributed by atoms with E-state index in [0.717, 1.165) is 16.8 Å². The van der Waals surface area contributed by atoms with E-state index in [1.165, 1.54) is 0 Å². The van der Waals surface area contributed by atoms with Gasteiger partial charge >= 0.3 is 0 Å². The van der Waals surface area contributed by atoms with Crippen molar-refractivity contribution in [3.05, 3.63) is 29.3 Å². The first-order valence-electron chi connectivity index (χ1n) is 3.05. The van der Waals surface area contributed by atoms with Crippen LogP contribution in [0.5, 0.6) is 0 Å². The largest absolute Gasteiger partial charge is 0.398 e. The third kappa shape index (κ3) is 1.33. The van der Waals surface area contributed by atoms with Gasteiger partial charge < -0.3 is 5.73 Å². The van der Waals surface area contributed by atoms with Crippen molar-refractivity contribution in [1.82, 2.24) is 0 Å². The van der Waals surface area contributed by atoms with Crippen LogP contribution in [0, 0.1) is 6.92 Å². The number of benzene rings is 1. The molecule has 0 saturated heterocycles. The zero-order chi connectivity index (χ0) is 7.56. The molecular formula is C8H9NS. The second kappa shape index (κ2) is 2.80. The number of aryl methyl sites for hydroxylation is 1. The molecule has 0 saturated carbocycles. The molecule has 0 aliphatic heterocycles. The van der Waals surface area contributed by atoms with E-state index in [1.54, 1.807) is 5.37 Å². The maximum absolute atomic E-state index is 5.63. The fraction of sp³-hybridized carbons (Fsp3) is 0.125. The molecule has 0 atom stereocenters. The first kappa shape index (κ1) is 7.22. The van der Waals surface area contributed by atoms with Gasteiger partial charge in [0, 0.05) is 11.1 Å². The maximum atomic E-state index is 5.63. The highest BCUT2D eigenvalue weighted by atomic mass is 32.1. The number of nitrogens with two attached hydrogens (primary N) is 1. The van der Waals surface area contributed by atoms with Gasteiger partial charge in [-0.15, -0.1) is 0 Å². The Morgan fingerprint density at radius 2 is 2.20 bits per heavy atom. The van der Waals surface area contributed by atoms with E-state index >= 15 is 0 Å². The van der Waals surface area contributed by atoms with Crippen LogP contribution in [-0.4, -0.2) is 5.37 Å². The lowest BCUT2D eigenvalue weighted by atomic mass is 10.1. The van der Waals surface area contributed by atoms with Gasteiger partial charge in [-0.3, -0.25) is 0 Å². The molecule has 0 heterocycles. The maximum Gasteiger partial charge on any atom is 0.0350 e. The lowest BCUT2D eigenvalue weighted by Crippen LogP contribution is -1.90. The van der Waals surface area contributed by atoms with Gasteiger partial charge in [-0.2, -0.15) is 0 Å². The molecule has 0 aromatic heterocycles. The lowest BCUT2D eigenvalue weighted by molar-refractivity contribution is 1.47. The normalized spacial score (nSPS) is 9.30. The highest BCUT2D eigenvalue weighted by Crippen LogP contribution is 2.10. The van der Waals surface area contributed by atoms with E-state index in [-0.39, 0.29) is 0 Å². The Balaban J connectivity index is 3.16. The van der Waals surface area contributed by atoms with Gasteiger partial charge in [0.05, 0.1) is 0 Å². The average molecular weight is 151 g/mol. The smallest absolute Gasteiger partial charge is 0.0350 e. The monoisotopic (exact) mass is 151 g/mol. The number of rotatable bonds is 1. The fourth-order valence-corrected chi connectivity index (χ4v) is 0.879. The summed E-state index contributed by atoms with van der Waals surface area (Å²) in [5, 5.41) is 1.62. The van der Waals surface area contributed by atoms with Crippen molar-refractivity contribution in [2.24, 2.45) is 0 Å². The molecular weight excluding hydrogens is 142 g/mol. The summed E-state index contributed by atoms with van der Waals surface area (Å²) in [5.74, 6) is 0. The van der Waals surface area contributed by atoms with Crippen LogP contribution in [0.25, 0.3) is 0 Å². The van der Waals surface area contributed by atoms with E-state index in [0.29, 0.717) is 0 Å². The van der Waals surface area contributed by atoms with Crippen molar-refractivity contribution in [2.75, 3.05) is 5.73 Å². The van der Waals surface area contributed by atoms with E-state index < -0.39 is 0 Å². The van der Waals surface area contributed by atoms with Gasteiger partial charge in [-0.1, -0.05) is 24.4 Å². The molecule has 1 aromatic rings. The van der Waals surface area contributed by atoms with E-state index in [9.17, 15) is 0 Å². The molecule has 0 radical (unpaired) electrons. The minimum atomic E-state index is 0.804. The van der Waals surface area contributed by atoms with E-state index in [1.807, 2.05) is 25.1 Å². The molecule has 0 unspecified atom stereocenters. The number of hydrogen-bond acceptors (Lipinski definition) is 2. The number of nitrogen functional groups attached to an aromatic ring is 1. The minimum absolute atomic E-state index is 0.804. The van der Waals surface area contributed by atoms with E-state index in [2.05, 4.69) is 0 Å². The van der Waals surface area contributed by atoms with Crippen molar-refractivity contribution < 1.29 is 0 Å². The third-order valence-corrected chi connectivity index (χ3v) is 1.71. The minimum Gasteiger partial charge on any atom is -0.398 e. The Bertz CT molecular complexity index is 255. The second-order valence-electron chi connectivity index (χ2n) is 2.23. The van der Waals surface area contributed by atoms with Gasteiger partial charge in [0.1, 0.15) is 0 Å². The van der Waals surface area contributed by atoms with Crippen LogP contribution >= 0.6 is 12.2 Å². The Morgan fingerprint density at radius 3 is 2.70 bits per heavy atom. The van der Waals surface area contributed by atoms with Crippen LogP contribution in [0.2, 0.25) is 0 Å². The Labute approximate surface area is 65.9 Å². The molecule has 10 heavy (non-hydrogen) atoms. The summed E-state index contributed by atoms with van der Waals surface area (Å²) >= 11 is 4.74. The van der Waals surface area contributed by atoms with Gasteiger partial charge in [0.25, 0.3) is 0 Å². The summed E-state index contributed by atoms with van der Waals surface area (Å²) in [6.07, 6.45) is 0. The topological polar surface area (TPSA) is 26.0 Å². The molecule has 0 aliphatic carbocycles. The summed E-state index contributed by atoms with van der Waals surface area (Å²) < 4.78 is 0. The summed E-state index contributed by atoms with van der Waals surface area (Å²) in [4.78, 5) is 0. The molecule has 1 rings (SSSR count). The molecule has 0 bridgehead atoms. The van der Waals surface area contributed by atoms with Crippen molar-refractivity contribution >= 4 is 23.3 Å². The Kier molecular flexibility index (Phi) is 2.02. The highest BCUT2D eigenvalue weighted by molar-refractivity contribution is 7.79. The molecule has 0 fully saturated rings. The molecule has 52 valence electrons. The third-order valence-electron chi connectivity index (χ3n) is 1.44. The first-order valence-corrected chi connectivity index (χ1v) is 3.52. The molecule has 1 aromatic carbocycles.